The zero-order chi connectivity index (χ0) is 8.41. The van der Waals surface area contributed by atoms with Gasteiger partial charge in [0.2, 0.25) is 0 Å². The van der Waals surface area contributed by atoms with Crippen molar-refractivity contribution in [3.8, 4) is 0 Å². The van der Waals surface area contributed by atoms with E-state index in [2.05, 4.69) is 0 Å². The molecule has 1 nitrogen and oxygen atoms in total. The van der Waals surface area contributed by atoms with Crippen molar-refractivity contribution in [2.45, 2.75) is 31.9 Å². The number of halogens is 5. The van der Waals surface area contributed by atoms with Crippen LogP contribution in [0, 0.1) is 0 Å². The van der Waals surface area contributed by atoms with Gasteiger partial charge in [-0.3, -0.25) is 0 Å². The topological polar surface area (TPSA) is 31.5 Å². The molecule has 0 bridgehead atoms. The fraction of sp³-hybridized carbons (Fsp3) is 1.00. The van der Waals surface area contributed by atoms with Gasteiger partial charge in [-0.25, -0.2) is 8.78 Å². The Morgan fingerprint density at radius 3 is 1.45 bits per heavy atom. The van der Waals surface area contributed by atoms with Crippen LogP contribution in [0.4, 0.5) is 22.0 Å². The van der Waals surface area contributed by atoms with Crippen LogP contribution >= 0.6 is 0 Å². The van der Waals surface area contributed by atoms with Crippen LogP contribution in [0.15, 0.2) is 0 Å². The van der Waals surface area contributed by atoms with E-state index >= 15 is 0 Å². The first-order valence-electron chi connectivity index (χ1n) is 2.71. The van der Waals surface area contributed by atoms with Crippen molar-refractivity contribution in [3.05, 3.63) is 0 Å². The van der Waals surface area contributed by atoms with Crippen molar-refractivity contribution >= 4 is 0 Å². The average molecular weight is 180 g/mol. The molecule has 0 unspecified atom stereocenters. The van der Waals surface area contributed by atoms with E-state index in [4.69, 9.17) is 0 Å². The second-order valence-electron chi connectivity index (χ2n) is 2.00. The molecule has 0 aromatic carbocycles. The van der Waals surface area contributed by atoms with Gasteiger partial charge in [-0.05, 0) is 0 Å². The van der Waals surface area contributed by atoms with Crippen molar-refractivity contribution in [2.24, 2.45) is 0 Å². The number of rotatable bonds is 2. The minimum atomic E-state index is -4.76. The molecule has 0 radical (unpaired) electrons. The molecule has 2 N–H and O–H groups in total. The normalized spacial score (nSPS) is 12.5. The standard InChI is InChI=1S/C5H7F5.H2O/c1-2-4(6,7)3-5(8,9)10;/h2-3H2,1H3;1H2. The summed E-state index contributed by atoms with van der Waals surface area (Å²) in [6, 6.07) is 0. The summed E-state index contributed by atoms with van der Waals surface area (Å²) in [5.41, 5.74) is 0. The van der Waals surface area contributed by atoms with E-state index in [-0.39, 0.29) is 5.48 Å². The second-order valence-corrected chi connectivity index (χ2v) is 2.00. The Bertz CT molecular complexity index is 108. The summed E-state index contributed by atoms with van der Waals surface area (Å²) in [4.78, 5) is 0. The van der Waals surface area contributed by atoms with Crippen LogP contribution in [0.25, 0.3) is 0 Å². The third kappa shape index (κ3) is 7.51. The summed E-state index contributed by atoms with van der Waals surface area (Å²) in [6.07, 6.45) is -7.55. The Morgan fingerprint density at radius 2 is 1.36 bits per heavy atom. The summed E-state index contributed by atoms with van der Waals surface area (Å²) in [7, 11) is 0. The molecule has 70 valence electrons. The molecular weight excluding hydrogens is 171 g/mol. The lowest BCUT2D eigenvalue weighted by Crippen LogP contribution is -2.24. The SMILES string of the molecule is CCC(F)(F)CC(F)(F)F.O. The molecule has 0 aliphatic heterocycles. The molecule has 0 aromatic heterocycles. The largest absolute Gasteiger partial charge is 0.412 e. The van der Waals surface area contributed by atoms with Gasteiger partial charge in [0.05, 0.1) is 0 Å². The van der Waals surface area contributed by atoms with Crippen LogP contribution < -0.4 is 0 Å². The van der Waals surface area contributed by atoms with E-state index in [0.717, 1.165) is 6.92 Å². The van der Waals surface area contributed by atoms with E-state index < -0.39 is 24.9 Å². The van der Waals surface area contributed by atoms with Crippen LogP contribution in [0.2, 0.25) is 0 Å². The van der Waals surface area contributed by atoms with Crippen molar-refractivity contribution < 1.29 is 27.4 Å². The maximum atomic E-state index is 11.9. The van der Waals surface area contributed by atoms with Gasteiger partial charge in [0, 0.05) is 6.42 Å². The van der Waals surface area contributed by atoms with Crippen LogP contribution in [0.3, 0.4) is 0 Å². The van der Waals surface area contributed by atoms with Crippen molar-refractivity contribution in [1.29, 1.82) is 0 Å². The van der Waals surface area contributed by atoms with E-state index in [1.807, 2.05) is 0 Å². The molecule has 0 atom stereocenters. The molecule has 0 saturated carbocycles. The maximum absolute atomic E-state index is 11.9. The fourth-order valence-electron chi connectivity index (χ4n) is 0.418. The Morgan fingerprint density at radius 1 is 1.00 bits per heavy atom. The quantitative estimate of drug-likeness (QED) is 0.583. The van der Waals surface area contributed by atoms with Crippen LogP contribution in [0.5, 0.6) is 0 Å². The van der Waals surface area contributed by atoms with Gasteiger partial charge in [-0.15, -0.1) is 0 Å². The first kappa shape index (κ1) is 13.2. The average Bonchev–Trinajstić information content (AvgIpc) is 1.60. The van der Waals surface area contributed by atoms with E-state index in [9.17, 15) is 22.0 Å². The van der Waals surface area contributed by atoms with E-state index in [0.29, 0.717) is 0 Å². The molecule has 0 amide bonds. The van der Waals surface area contributed by atoms with Crippen LogP contribution in [0.1, 0.15) is 19.8 Å². The summed E-state index contributed by atoms with van der Waals surface area (Å²) >= 11 is 0. The number of hydrogen-bond acceptors (Lipinski definition) is 0. The van der Waals surface area contributed by atoms with Crippen molar-refractivity contribution in [1.82, 2.24) is 0 Å². The lowest BCUT2D eigenvalue weighted by Gasteiger charge is -2.15. The number of alkyl halides is 5. The molecule has 0 fully saturated rings. The minimum absolute atomic E-state index is 0. The van der Waals surface area contributed by atoms with Gasteiger partial charge < -0.3 is 5.48 Å². The van der Waals surface area contributed by atoms with Crippen LogP contribution in [-0.4, -0.2) is 17.6 Å². The first-order chi connectivity index (χ1) is 4.27. The fourth-order valence-corrected chi connectivity index (χ4v) is 0.418. The van der Waals surface area contributed by atoms with Crippen LogP contribution in [-0.2, 0) is 0 Å². The highest BCUT2D eigenvalue weighted by atomic mass is 19.4. The van der Waals surface area contributed by atoms with E-state index in [1.165, 1.54) is 0 Å². The van der Waals surface area contributed by atoms with Gasteiger partial charge >= 0.3 is 6.18 Å². The lowest BCUT2D eigenvalue weighted by molar-refractivity contribution is -0.188. The molecule has 0 aliphatic rings. The molecule has 6 heteroatoms. The molecule has 0 heterocycles. The Kier molecular flexibility index (Phi) is 4.62. The summed E-state index contributed by atoms with van der Waals surface area (Å²) in [5.74, 6) is -3.60. The molecule has 0 aromatic rings. The zero-order valence-electron chi connectivity index (χ0n) is 5.80. The van der Waals surface area contributed by atoms with Crippen molar-refractivity contribution in [3.63, 3.8) is 0 Å². The minimum Gasteiger partial charge on any atom is -0.412 e. The van der Waals surface area contributed by atoms with Gasteiger partial charge in [0.25, 0.3) is 5.92 Å². The van der Waals surface area contributed by atoms with Gasteiger partial charge in [0.15, 0.2) is 0 Å². The Labute approximate surface area is 60.5 Å². The summed E-state index contributed by atoms with van der Waals surface area (Å²) < 4.78 is 57.6. The predicted molar refractivity (Wildman–Crippen MR) is 29.5 cm³/mol. The smallest absolute Gasteiger partial charge is 0.394 e. The highest BCUT2D eigenvalue weighted by Gasteiger charge is 2.41. The molecule has 0 rings (SSSR count). The highest BCUT2D eigenvalue weighted by Crippen LogP contribution is 2.33. The van der Waals surface area contributed by atoms with Gasteiger partial charge in [0.1, 0.15) is 6.42 Å². The highest BCUT2D eigenvalue weighted by molar-refractivity contribution is 4.68. The maximum Gasteiger partial charge on any atom is 0.394 e. The second kappa shape index (κ2) is 3.85. The summed E-state index contributed by atoms with van der Waals surface area (Å²) in [5, 5.41) is 0. The van der Waals surface area contributed by atoms with E-state index in [1.54, 1.807) is 0 Å². The summed E-state index contributed by atoms with van der Waals surface area (Å²) in [6.45, 7) is 1.02. The van der Waals surface area contributed by atoms with Gasteiger partial charge in [-0.1, -0.05) is 6.92 Å². The first-order valence-corrected chi connectivity index (χ1v) is 2.71. The molecular formula is C5H9F5O. The third-order valence-electron chi connectivity index (χ3n) is 0.976. The lowest BCUT2D eigenvalue weighted by atomic mass is 10.2. The molecule has 0 aliphatic carbocycles. The van der Waals surface area contributed by atoms with Gasteiger partial charge in [-0.2, -0.15) is 13.2 Å². The molecule has 0 saturated heterocycles. The third-order valence-corrected chi connectivity index (χ3v) is 0.976. The molecule has 0 spiro atoms. The Balaban J connectivity index is 0. The van der Waals surface area contributed by atoms with Crippen molar-refractivity contribution in [2.75, 3.05) is 0 Å². The predicted octanol–water partition coefficient (Wildman–Crippen LogP) is 2.16. The Hall–Kier alpha value is -0.390. The monoisotopic (exact) mass is 180 g/mol. The number of hydrogen-bond donors (Lipinski definition) is 0. The molecule has 11 heavy (non-hydrogen) atoms. The zero-order valence-corrected chi connectivity index (χ0v) is 5.80.